The maximum atomic E-state index is 14.8. The van der Waals surface area contributed by atoms with Gasteiger partial charge in [-0.25, -0.2) is 18.2 Å². The van der Waals surface area contributed by atoms with Gasteiger partial charge in [-0.05, 0) is 32.8 Å². The van der Waals surface area contributed by atoms with Gasteiger partial charge in [0.05, 0.1) is 28.4 Å². The van der Waals surface area contributed by atoms with E-state index in [1.807, 2.05) is 0 Å². The zero-order valence-electron chi connectivity index (χ0n) is 21.0. The number of carbonyl (C=O) groups excluding carboxylic acids is 1. The van der Waals surface area contributed by atoms with Gasteiger partial charge >= 0.3 is 0 Å². The third-order valence-corrected chi connectivity index (χ3v) is 7.17. The van der Waals surface area contributed by atoms with Crippen LogP contribution in [-0.4, -0.2) is 43.7 Å². The number of hydrogen-bond donors (Lipinski definition) is 3. The Morgan fingerprint density at radius 1 is 1.22 bits per heavy atom. The van der Waals surface area contributed by atoms with E-state index in [4.69, 9.17) is 0 Å². The number of halogens is 3. The molecule has 0 unspecified atom stereocenters. The molecule has 11 heteroatoms. The molecule has 198 valence electrons. The highest BCUT2D eigenvalue weighted by Crippen LogP contribution is 2.38. The normalized spacial score (nSPS) is 16.3. The maximum absolute atomic E-state index is 14.8. The van der Waals surface area contributed by atoms with E-state index in [0.29, 0.717) is 5.39 Å². The van der Waals surface area contributed by atoms with Crippen LogP contribution in [0.2, 0.25) is 0 Å². The molecule has 1 atom stereocenters. The highest BCUT2D eigenvalue weighted by molar-refractivity contribution is 5.94. The first-order chi connectivity index (χ1) is 17.4. The van der Waals surface area contributed by atoms with E-state index in [1.165, 1.54) is 43.7 Å². The molecule has 1 aliphatic heterocycles. The van der Waals surface area contributed by atoms with Crippen molar-refractivity contribution in [3.05, 3.63) is 62.8 Å². The van der Waals surface area contributed by atoms with E-state index in [-0.39, 0.29) is 65.7 Å². The van der Waals surface area contributed by atoms with Crippen LogP contribution in [-0.2, 0) is 17.4 Å². The first-order valence-corrected chi connectivity index (χ1v) is 11.9. The zero-order valence-corrected chi connectivity index (χ0v) is 21.0. The molecular weight excluding hydrogens is 489 g/mol. The molecule has 1 fully saturated rings. The van der Waals surface area contributed by atoms with Crippen molar-refractivity contribution in [2.24, 2.45) is 7.05 Å². The molecule has 8 nitrogen and oxygen atoms in total. The molecule has 0 bridgehead atoms. The largest absolute Gasteiger partial charge is 0.504 e. The smallest absolute Gasteiger partial charge is 0.266 e. The second-order valence-corrected chi connectivity index (χ2v) is 9.53. The number of fused-ring (bicyclic) bond motifs is 1. The van der Waals surface area contributed by atoms with Gasteiger partial charge in [0.2, 0.25) is 5.91 Å². The number of likely N-dealkylation sites (tertiary alicyclic amines) is 1. The van der Waals surface area contributed by atoms with Crippen molar-refractivity contribution in [2.45, 2.75) is 51.7 Å². The highest BCUT2D eigenvalue weighted by atomic mass is 19.3. The Labute approximate surface area is 211 Å². The molecule has 3 heterocycles. The summed E-state index contributed by atoms with van der Waals surface area (Å²) in [5, 5.41) is 25.5. The molecule has 0 radical (unpaired) electrons. The Kier molecular flexibility index (Phi) is 6.93. The van der Waals surface area contributed by atoms with Gasteiger partial charge < -0.3 is 25.0 Å². The lowest BCUT2D eigenvalue weighted by atomic mass is 9.84. The average molecular weight is 519 g/mol. The number of nitrogens with one attached hydrogen (secondary N) is 1. The zero-order chi connectivity index (χ0) is 27.2. The lowest BCUT2D eigenvalue weighted by Crippen LogP contribution is -2.47. The topological polar surface area (TPSA) is 108 Å². The summed E-state index contributed by atoms with van der Waals surface area (Å²) in [4.78, 5) is 31.0. The van der Waals surface area contributed by atoms with Crippen LogP contribution in [0.1, 0.15) is 61.5 Å². The number of pyridine rings is 2. The van der Waals surface area contributed by atoms with Gasteiger partial charge in [0.1, 0.15) is 11.6 Å². The summed E-state index contributed by atoms with van der Waals surface area (Å²) in [6.07, 6.45) is -2.69. The van der Waals surface area contributed by atoms with E-state index < -0.39 is 35.0 Å². The van der Waals surface area contributed by atoms with E-state index >= 15 is 0 Å². The summed E-state index contributed by atoms with van der Waals surface area (Å²) in [5.74, 6) is -1.21. The number of aryl methyl sites for hydroxylation is 2. The Morgan fingerprint density at radius 3 is 2.43 bits per heavy atom. The highest BCUT2D eigenvalue weighted by Gasteiger charge is 2.38. The van der Waals surface area contributed by atoms with Gasteiger partial charge in [0.25, 0.3) is 12.0 Å². The summed E-state index contributed by atoms with van der Waals surface area (Å²) < 4.78 is 42.5. The van der Waals surface area contributed by atoms with Crippen molar-refractivity contribution in [1.82, 2.24) is 14.5 Å². The summed E-state index contributed by atoms with van der Waals surface area (Å²) in [6.45, 7) is 5.09. The van der Waals surface area contributed by atoms with E-state index in [2.05, 4.69) is 10.3 Å². The molecule has 1 aromatic carbocycles. The van der Waals surface area contributed by atoms with Gasteiger partial charge in [0.15, 0.2) is 5.75 Å². The number of rotatable bonds is 5. The van der Waals surface area contributed by atoms with Crippen LogP contribution in [0.25, 0.3) is 10.9 Å². The number of piperidine rings is 1. The molecule has 4 rings (SSSR count). The summed E-state index contributed by atoms with van der Waals surface area (Å²) >= 11 is 0. The fourth-order valence-corrected chi connectivity index (χ4v) is 4.91. The van der Waals surface area contributed by atoms with Crippen LogP contribution in [0.4, 0.5) is 19.0 Å². The van der Waals surface area contributed by atoms with Crippen molar-refractivity contribution in [2.75, 3.05) is 18.4 Å². The summed E-state index contributed by atoms with van der Waals surface area (Å²) in [6, 6.07) is 4.40. The predicted molar refractivity (Wildman–Crippen MR) is 132 cm³/mol. The average Bonchev–Trinajstić information content (AvgIpc) is 2.84. The van der Waals surface area contributed by atoms with Crippen LogP contribution in [0.5, 0.6) is 5.75 Å². The van der Waals surface area contributed by atoms with Crippen LogP contribution in [0.15, 0.2) is 29.1 Å². The number of nitrogens with zero attached hydrogens (tertiary/aromatic N) is 3. The molecule has 0 saturated carbocycles. The van der Waals surface area contributed by atoms with Crippen molar-refractivity contribution in [1.29, 1.82) is 0 Å². The monoisotopic (exact) mass is 518 g/mol. The number of hydrogen-bond acceptors (Lipinski definition) is 6. The molecule has 1 amide bonds. The second kappa shape index (κ2) is 9.70. The summed E-state index contributed by atoms with van der Waals surface area (Å²) in [5.41, 5.74) is -2.31. The Bertz CT molecular complexity index is 1430. The van der Waals surface area contributed by atoms with E-state index in [9.17, 15) is 33.0 Å². The Morgan fingerprint density at radius 2 is 1.84 bits per heavy atom. The third kappa shape index (κ3) is 4.63. The number of anilines is 1. The molecule has 3 N–H and O–H groups in total. The first kappa shape index (κ1) is 26.5. The van der Waals surface area contributed by atoms with Gasteiger partial charge in [-0.3, -0.25) is 9.59 Å². The standard InChI is InChI=1S/C26H29F3N4O4/c1-13(16-6-5-7-17(20(16)27)23(28)29)30-24-18-12-19(26(37)8-10-33(11-9-26)15(3)34)25(36)32(4)21(18)22(35)14(2)31-24/h5-7,12-13,23,35,37H,8-11H2,1-4H3,(H,30,31)/t13-/m1/s1. The number of aromatic hydroxyl groups is 1. The van der Waals surface area contributed by atoms with Gasteiger partial charge in [0, 0.05) is 43.6 Å². The predicted octanol–water partition coefficient (Wildman–Crippen LogP) is 4.03. The molecule has 0 aliphatic carbocycles. The van der Waals surface area contributed by atoms with Gasteiger partial charge in [-0.1, -0.05) is 18.2 Å². The van der Waals surface area contributed by atoms with Crippen LogP contribution < -0.4 is 10.9 Å². The lowest BCUT2D eigenvalue weighted by molar-refractivity contribution is -0.133. The Hall–Kier alpha value is -3.60. The lowest BCUT2D eigenvalue weighted by Gasteiger charge is -2.38. The quantitative estimate of drug-likeness (QED) is 0.471. The summed E-state index contributed by atoms with van der Waals surface area (Å²) in [7, 11) is 1.46. The first-order valence-electron chi connectivity index (χ1n) is 11.9. The minimum atomic E-state index is -2.98. The molecule has 0 spiro atoms. The van der Waals surface area contributed by atoms with E-state index in [0.717, 1.165) is 6.07 Å². The molecule has 2 aromatic heterocycles. The fraction of sp³-hybridized carbons (Fsp3) is 0.423. The van der Waals surface area contributed by atoms with Crippen molar-refractivity contribution in [3.63, 3.8) is 0 Å². The van der Waals surface area contributed by atoms with Gasteiger partial charge in [-0.2, -0.15) is 0 Å². The van der Waals surface area contributed by atoms with Crippen molar-refractivity contribution < 1.29 is 28.2 Å². The fourth-order valence-electron chi connectivity index (χ4n) is 4.91. The second-order valence-electron chi connectivity index (χ2n) is 9.53. The maximum Gasteiger partial charge on any atom is 0.266 e. The molecule has 1 saturated heterocycles. The number of benzene rings is 1. The Balaban J connectivity index is 1.83. The number of alkyl halides is 2. The number of aliphatic hydroxyl groups is 1. The molecule has 37 heavy (non-hydrogen) atoms. The minimum Gasteiger partial charge on any atom is -0.504 e. The molecular formula is C26H29F3N4O4. The van der Waals surface area contributed by atoms with E-state index in [1.54, 1.807) is 11.8 Å². The number of amides is 1. The van der Waals surface area contributed by atoms with Gasteiger partial charge in [-0.15, -0.1) is 0 Å². The molecule has 1 aliphatic rings. The third-order valence-electron chi connectivity index (χ3n) is 7.17. The van der Waals surface area contributed by atoms with Crippen LogP contribution in [0, 0.1) is 12.7 Å². The van der Waals surface area contributed by atoms with Crippen molar-refractivity contribution in [3.8, 4) is 5.75 Å². The SMILES string of the molecule is CC(=O)N1CCC(O)(c2cc3c(N[C@H](C)c4cccc(C(F)F)c4F)nc(C)c(O)c3n(C)c2=O)CC1. The molecule has 3 aromatic rings. The number of carbonyl (C=O) groups is 1. The number of aromatic nitrogens is 2. The van der Waals surface area contributed by atoms with Crippen LogP contribution in [0.3, 0.4) is 0 Å². The minimum absolute atomic E-state index is 0.00115. The van der Waals surface area contributed by atoms with Crippen LogP contribution >= 0.6 is 0 Å². The van der Waals surface area contributed by atoms with Crippen molar-refractivity contribution >= 4 is 22.6 Å².